The lowest BCUT2D eigenvalue weighted by Gasteiger charge is -2.10. The maximum atomic E-state index is 12.9. The molecule has 5 rings (SSSR count). The molecule has 2 N–H and O–H groups in total. The number of nitrogens with one attached hydrogen (secondary N) is 2. The molecule has 1 aromatic heterocycles. The number of fused-ring (bicyclic) bond motifs is 1. The summed E-state index contributed by atoms with van der Waals surface area (Å²) in [6.45, 7) is 0.786. The van der Waals surface area contributed by atoms with E-state index in [0.717, 1.165) is 40.6 Å². The summed E-state index contributed by atoms with van der Waals surface area (Å²) in [6, 6.07) is 22.7. The zero-order chi connectivity index (χ0) is 25.2. The number of rotatable bonds is 7. The summed E-state index contributed by atoms with van der Waals surface area (Å²) in [6.07, 6.45) is 2.52. The Bertz CT molecular complexity index is 1440. The van der Waals surface area contributed by atoms with Crippen molar-refractivity contribution in [3.63, 3.8) is 0 Å². The van der Waals surface area contributed by atoms with E-state index < -0.39 is 0 Å². The highest BCUT2D eigenvalue weighted by Crippen LogP contribution is 2.48. The predicted molar refractivity (Wildman–Crippen MR) is 144 cm³/mol. The first-order valence-corrected chi connectivity index (χ1v) is 12.3. The fraction of sp³-hybridized carbons (Fsp3) is 0.207. The molecule has 1 aliphatic rings. The van der Waals surface area contributed by atoms with Crippen LogP contribution in [0.15, 0.2) is 79.0 Å². The molecule has 0 saturated heterocycles. The second-order valence-electron chi connectivity index (χ2n) is 9.48. The molecule has 182 valence electrons. The van der Waals surface area contributed by atoms with Crippen LogP contribution in [0.2, 0.25) is 5.02 Å². The van der Waals surface area contributed by atoms with Gasteiger partial charge in [-0.05, 0) is 79.3 Å². The number of pyridine rings is 1. The van der Waals surface area contributed by atoms with Crippen LogP contribution in [0, 0.1) is 5.92 Å². The van der Waals surface area contributed by atoms with Gasteiger partial charge in [0, 0.05) is 40.3 Å². The van der Waals surface area contributed by atoms with Crippen molar-refractivity contribution < 1.29 is 9.59 Å². The summed E-state index contributed by atoms with van der Waals surface area (Å²) in [4.78, 5) is 32.1. The Morgan fingerprint density at radius 3 is 2.61 bits per heavy atom. The fourth-order valence-electron chi connectivity index (χ4n) is 4.46. The van der Waals surface area contributed by atoms with Crippen LogP contribution in [0.4, 0.5) is 11.5 Å². The minimum atomic E-state index is -0.223. The molecule has 4 aromatic rings. The molecule has 2 atom stereocenters. The van der Waals surface area contributed by atoms with Crippen molar-refractivity contribution in [2.75, 3.05) is 24.7 Å². The number of hydrogen-bond acceptors (Lipinski definition) is 4. The molecule has 2 amide bonds. The second kappa shape index (κ2) is 10.1. The number of hydrogen-bond donors (Lipinski definition) is 2. The Morgan fingerprint density at radius 1 is 1.00 bits per heavy atom. The van der Waals surface area contributed by atoms with Gasteiger partial charge < -0.3 is 15.5 Å². The number of carbonyl (C=O) groups is 2. The highest BCUT2D eigenvalue weighted by Gasteiger charge is 2.44. The zero-order valence-electron chi connectivity index (χ0n) is 20.2. The standard InChI is InChI=1S/C29H27ClN4O2/c1-34(2)17-18-9-12-27(31-16-18)33-28(35)21-7-3-6-20(13-21)23-15-25(23)29(36)32-22-11-10-19-5-4-8-26(30)24(19)14-22/h3-14,16,23,25H,15,17H2,1-2H3,(H,32,36)(H,31,33,35)/t23-,25+/m0/s1. The molecule has 0 spiro atoms. The van der Waals surface area contributed by atoms with Gasteiger partial charge in [-0.15, -0.1) is 0 Å². The molecule has 6 nitrogen and oxygen atoms in total. The Balaban J connectivity index is 1.22. The summed E-state index contributed by atoms with van der Waals surface area (Å²) in [5.41, 5.74) is 3.33. The van der Waals surface area contributed by atoms with Gasteiger partial charge in [0.2, 0.25) is 5.91 Å². The largest absolute Gasteiger partial charge is 0.326 e. The third kappa shape index (κ3) is 5.40. The SMILES string of the molecule is CN(C)Cc1ccc(NC(=O)c2cccc([C@@H]3C[C@H]3C(=O)Nc3ccc4cccc(Cl)c4c3)c2)nc1. The topological polar surface area (TPSA) is 74.3 Å². The average Bonchev–Trinajstić information content (AvgIpc) is 3.67. The summed E-state index contributed by atoms with van der Waals surface area (Å²) in [5, 5.41) is 8.47. The average molecular weight is 499 g/mol. The highest BCUT2D eigenvalue weighted by atomic mass is 35.5. The molecular formula is C29H27ClN4O2. The molecule has 0 unspecified atom stereocenters. The smallest absolute Gasteiger partial charge is 0.256 e. The monoisotopic (exact) mass is 498 g/mol. The molecule has 0 bridgehead atoms. The summed E-state index contributed by atoms with van der Waals surface area (Å²) >= 11 is 6.31. The lowest BCUT2D eigenvalue weighted by Crippen LogP contribution is -2.15. The van der Waals surface area contributed by atoms with Gasteiger partial charge in [0.25, 0.3) is 5.91 Å². The third-order valence-corrected chi connectivity index (χ3v) is 6.70. The van der Waals surface area contributed by atoms with Crippen LogP contribution < -0.4 is 10.6 Å². The van der Waals surface area contributed by atoms with Crippen LogP contribution in [0.25, 0.3) is 10.8 Å². The first kappa shape index (κ1) is 24.0. The van der Waals surface area contributed by atoms with Crippen LogP contribution in [-0.2, 0) is 11.3 Å². The predicted octanol–water partition coefficient (Wildman–Crippen LogP) is 5.94. The number of carbonyl (C=O) groups excluding carboxylic acids is 2. The Hall–Kier alpha value is -3.74. The Labute approximate surface area is 215 Å². The lowest BCUT2D eigenvalue weighted by molar-refractivity contribution is -0.117. The van der Waals surface area contributed by atoms with Crippen molar-refractivity contribution in [2.24, 2.45) is 5.92 Å². The normalized spacial score (nSPS) is 16.7. The van der Waals surface area contributed by atoms with E-state index in [2.05, 4.69) is 20.5 Å². The maximum absolute atomic E-state index is 12.9. The Kier molecular flexibility index (Phi) is 6.72. The highest BCUT2D eigenvalue weighted by molar-refractivity contribution is 6.35. The molecular weight excluding hydrogens is 472 g/mol. The van der Waals surface area contributed by atoms with E-state index >= 15 is 0 Å². The number of halogens is 1. The fourth-order valence-corrected chi connectivity index (χ4v) is 4.69. The Morgan fingerprint density at radius 2 is 1.83 bits per heavy atom. The van der Waals surface area contributed by atoms with Gasteiger partial charge in [-0.2, -0.15) is 0 Å². The van der Waals surface area contributed by atoms with Crippen molar-refractivity contribution in [2.45, 2.75) is 18.9 Å². The number of aromatic nitrogens is 1. The van der Waals surface area contributed by atoms with Crippen LogP contribution >= 0.6 is 11.6 Å². The quantitative estimate of drug-likeness (QED) is 0.330. The minimum absolute atomic E-state index is 0.0247. The van der Waals surface area contributed by atoms with Gasteiger partial charge >= 0.3 is 0 Å². The van der Waals surface area contributed by atoms with Gasteiger partial charge in [0.05, 0.1) is 0 Å². The summed E-state index contributed by atoms with van der Waals surface area (Å²) in [5.74, 6) is 0.219. The van der Waals surface area contributed by atoms with Crippen LogP contribution in [0.1, 0.15) is 33.8 Å². The van der Waals surface area contributed by atoms with Crippen molar-refractivity contribution in [3.8, 4) is 0 Å². The maximum Gasteiger partial charge on any atom is 0.256 e. The molecule has 0 radical (unpaired) electrons. The van der Waals surface area contributed by atoms with Gasteiger partial charge in [-0.25, -0.2) is 4.98 Å². The second-order valence-corrected chi connectivity index (χ2v) is 9.89. The molecule has 7 heteroatoms. The molecule has 0 aliphatic heterocycles. The zero-order valence-corrected chi connectivity index (χ0v) is 20.9. The molecule has 1 heterocycles. The van der Waals surface area contributed by atoms with E-state index in [1.54, 1.807) is 12.3 Å². The van der Waals surface area contributed by atoms with Gasteiger partial charge in [0.1, 0.15) is 5.82 Å². The van der Waals surface area contributed by atoms with Crippen LogP contribution in [-0.4, -0.2) is 35.8 Å². The van der Waals surface area contributed by atoms with Gasteiger partial charge in [-0.3, -0.25) is 9.59 Å². The van der Waals surface area contributed by atoms with Crippen molar-refractivity contribution in [3.05, 3.63) is 101 Å². The van der Waals surface area contributed by atoms with E-state index in [1.165, 1.54) is 0 Å². The van der Waals surface area contributed by atoms with Crippen LogP contribution in [0.3, 0.4) is 0 Å². The van der Waals surface area contributed by atoms with Crippen molar-refractivity contribution in [1.82, 2.24) is 9.88 Å². The first-order valence-electron chi connectivity index (χ1n) is 11.9. The summed E-state index contributed by atoms with van der Waals surface area (Å²) in [7, 11) is 3.99. The molecule has 1 aliphatic carbocycles. The number of amides is 2. The number of benzene rings is 3. The summed E-state index contributed by atoms with van der Waals surface area (Å²) < 4.78 is 0. The van der Waals surface area contributed by atoms with Crippen molar-refractivity contribution in [1.29, 1.82) is 0 Å². The molecule has 1 saturated carbocycles. The van der Waals surface area contributed by atoms with E-state index in [9.17, 15) is 9.59 Å². The number of nitrogens with zero attached hydrogens (tertiary/aromatic N) is 2. The molecule has 3 aromatic carbocycles. The van der Waals surface area contributed by atoms with E-state index in [0.29, 0.717) is 16.4 Å². The molecule has 36 heavy (non-hydrogen) atoms. The molecule has 1 fully saturated rings. The number of anilines is 2. The van der Waals surface area contributed by atoms with Crippen LogP contribution in [0.5, 0.6) is 0 Å². The van der Waals surface area contributed by atoms with E-state index in [1.807, 2.05) is 80.8 Å². The lowest BCUT2D eigenvalue weighted by atomic mass is 10.0. The van der Waals surface area contributed by atoms with E-state index in [4.69, 9.17) is 11.6 Å². The third-order valence-electron chi connectivity index (χ3n) is 6.37. The minimum Gasteiger partial charge on any atom is -0.326 e. The van der Waals surface area contributed by atoms with Gasteiger partial charge in [-0.1, -0.05) is 48.0 Å². The van der Waals surface area contributed by atoms with Gasteiger partial charge in [0.15, 0.2) is 0 Å². The van der Waals surface area contributed by atoms with Crippen molar-refractivity contribution >= 4 is 45.7 Å². The first-order chi connectivity index (χ1) is 17.4. The van der Waals surface area contributed by atoms with E-state index in [-0.39, 0.29) is 23.7 Å².